The molecule has 2 aromatic heterocycles. The Bertz CT molecular complexity index is 1100. The number of nitrogens with zero attached hydrogens (tertiary/aromatic N) is 2. The zero-order chi connectivity index (χ0) is 20.9. The Balaban J connectivity index is 1.42. The van der Waals surface area contributed by atoms with Gasteiger partial charge in [-0.15, -0.1) is 0 Å². The molecule has 1 aliphatic carbocycles. The smallest absolute Gasteiger partial charge is 0.405 e. The van der Waals surface area contributed by atoms with Gasteiger partial charge in [0.05, 0.1) is 6.10 Å². The van der Waals surface area contributed by atoms with Crippen molar-refractivity contribution in [3.05, 3.63) is 41.6 Å². The molecule has 0 bridgehead atoms. The van der Waals surface area contributed by atoms with Crippen LogP contribution in [-0.2, 0) is 24.6 Å². The molecule has 3 heterocycles. The molecule has 0 saturated heterocycles. The molecule has 9 nitrogen and oxygen atoms in total. The zero-order valence-electron chi connectivity index (χ0n) is 16.5. The number of ether oxygens (including phenoxy) is 3. The summed E-state index contributed by atoms with van der Waals surface area (Å²) in [5, 5.41) is 31.7. The third-order valence-corrected chi connectivity index (χ3v) is 5.55. The van der Waals surface area contributed by atoms with E-state index < -0.39 is 12.3 Å². The quantitative estimate of drug-likeness (QED) is 0.476. The van der Waals surface area contributed by atoms with E-state index in [-0.39, 0.29) is 0 Å². The summed E-state index contributed by atoms with van der Waals surface area (Å²) in [5.74, 6) is 2.14. The minimum absolute atomic E-state index is 0.465. The second kappa shape index (κ2) is 7.13. The van der Waals surface area contributed by atoms with Gasteiger partial charge in [0.15, 0.2) is 11.5 Å². The van der Waals surface area contributed by atoms with E-state index in [1.54, 1.807) is 0 Å². The van der Waals surface area contributed by atoms with Crippen molar-refractivity contribution in [2.24, 2.45) is 7.05 Å². The molecule has 2 aliphatic rings. The molecule has 3 aromatic rings. The maximum Gasteiger partial charge on any atom is 0.405 e. The van der Waals surface area contributed by atoms with Gasteiger partial charge in [-0.1, -0.05) is 0 Å². The predicted octanol–water partition coefficient (Wildman–Crippen LogP) is 1.55. The second-order valence-electron chi connectivity index (χ2n) is 7.59. The molecule has 0 spiro atoms. The van der Waals surface area contributed by atoms with Crippen molar-refractivity contribution in [3.8, 4) is 11.5 Å². The average Bonchev–Trinajstić information content (AvgIpc) is 2.98. The Morgan fingerprint density at radius 2 is 1.93 bits per heavy atom. The standard InChI is InChI=1S/C21H23N3O6/c1-24-16-5-3-13(30-21(25,26)27)11-15(16)14-4-7-19(23-20(14)24)22-12-2-6-17-18(10-12)29-9-8-28-17/h2,4,6-7,10,13,25-27H,3,5,8-9,11H2,1H3,(H,22,23). The molecule has 5 rings (SSSR count). The van der Waals surface area contributed by atoms with Gasteiger partial charge < -0.3 is 39.4 Å². The van der Waals surface area contributed by atoms with Crippen LogP contribution in [0.3, 0.4) is 0 Å². The van der Waals surface area contributed by atoms with Gasteiger partial charge in [-0.05, 0) is 42.7 Å². The summed E-state index contributed by atoms with van der Waals surface area (Å²) in [6.07, 6.45) is -1.88. The lowest BCUT2D eigenvalue weighted by molar-refractivity contribution is -0.466. The largest absolute Gasteiger partial charge is 0.486 e. The molecule has 0 saturated carbocycles. The summed E-state index contributed by atoms with van der Waals surface area (Å²) in [7, 11) is 1.97. The number of aryl methyl sites for hydroxylation is 1. The van der Waals surface area contributed by atoms with Crippen molar-refractivity contribution in [2.75, 3.05) is 18.5 Å². The van der Waals surface area contributed by atoms with Crippen LogP contribution in [0.2, 0.25) is 0 Å². The van der Waals surface area contributed by atoms with Gasteiger partial charge in [0.1, 0.15) is 24.7 Å². The van der Waals surface area contributed by atoms with Gasteiger partial charge in [-0.3, -0.25) is 0 Å². The molecule has 9 heteroatoms. The molecule has 0 amide bonds. The average molecular weight is 413 g/mol. The summed E-state index contributed by atoms with van der Waals surface area (Å²) in [4.78, 5) is 4.78. The summed E-state index contributed by atoms with van der Waals surface area (Å²) < 4.78 is 18.2. The monoisotopic (exact) mass is 413 g/mol. The van der Waals surface area contributed by atoms with Crippen molar-refractivity contribution in [1.29, 1.82) is 0 Å². The van der Waals surface area contributed by atoms with Gasteiger partial charge in [-0.25, -0.2) is 4.98 Å². The van der Waals surface area contributed by atoms with Crippen LogP contribution in [0.5, 0.6) is 11.5 Å². The molecule has 1 aliphatic heterocycles. The highest BCUT2D eigenvalue weighted by Gasteiger charge is 2.31. The fourth-order valence-electron chi connectivity index (χ4n) is 4.26. The Labute approximate surface area is 172 Å². The molecule has 4 N–H and O–H groups in total. The number of aromatic nitrogens is 2. The van der Waals surface area contributed by atoms with Crippen LogP contribution in [0.15, 0.2) is 30.3 Å². The Kier molecular flexibility index (Phi) is 4.55. The summed E-state index contributed by atoms with van der Waals surface area (Å²) in [5.41, 5.74) is 3.86. The molecule has 1 unspecified atom stereocenters. The number of nitrogens with one attached hydrogen (secondary N) is 1. The first kappa shape index (κ1) is 19.1. The molecular weight excluding hydrogens is 390 g/mol. The van der Waals surface area contributed by atoms with E-state index in [9.17, 15) is 0 Å². The van der Waals surface area contributed by atoms with E-state index in [2.05, 4.69) is 9.88 Å². The van der Waals surface area contributed by atoms with Crippen molar-refractivity contribution in [3.63, 3.8) is 0 Å². The fourth-order valence-corrected chi connectivity index (χ4v) is 4.26. The number of fused-ring (bicyclic) bond motifs is 4. The predicted molar refractivity (Wildman–Crippen MR) is 108 cm³/mol. The summed E-state index contributed by atoms with van der Waals surface area (Å²) >= 11 is 0. The molecule has 0 radical (unpaired) electrons. The number of pyridine rings is 1. The minimum atomic E-state index is -3.12. The minimum Gasteiger partial charge on any atom is -0.486 e. The van der Waals surface area contributed by atoms with E-state index >= 15 is 0 Å². The van der Waals surface area contributed by atoms with Crippen molar-refractivity contribution < 1.29 is 29.5 Å². The number of benzene rings is 1. The van der Waals surface area contributed by atoms with Crippen LogP contribution >= 0.6 is 0 Å². The SMILES string of the molecule is Cn1c2c(c3ccc(Nc4ccc5c(c4)OCCO5)nc31)CC(OC(O)(O)O)CC2. The number of aliphatic hydroxyl groups is 3. The van der Waals surface area contributed by atoms with E-state index in [0.29, 0.717) is 44.0 Å². The third-order valence-electron chi connectivity index (χ3n) is 5.55. The number of hydrogen-bond acceptors (Lipinski definition) is 8. The molecule has 1 aromatic carbocycles. The normalized spacial score (nSPS) is 18.3. The van der Waals surface area contributed by atoms with Gasteiger partial charge in [0.2, 0.25) is 0 Å². The highest BCUT2D eigenvalue weighted by atomic mass is 16.9. The lowest BCUT2D eigenvalue weighted by Gasteiger charge is -2.27. The van der Waals surface area contributed by atoms with Gasteiger partial charge >= 0.3 is 6.16 Å². The van der Waals surface area contributed by atoms with Gasteiger partial charge in [0.25, 0.3) is 0 Å². The van der Waals surface area contributed by atoms with Crippen molar-refractivity contribution in [2.45, 2.75) is 31.5 Å². The maximum atomic E-state index is 9.13. The van der Waals surface area contributed by atoms with Gasteiger partial charge in [-0.2, -0.15) is 0 Å². The molecule has 158 valence electrons. The van der Waals surface area contributed by atoms with Crippen LogP contribution in [0.1, 0.15) is 17.7 Å². The van der Waals surface area contributed by atoms with Crippen molar-refractivity contribution >= 4 is 22.5 Å². The first-order chi connectivity index (χ1) is 14.4. The summed E-state index contributed by atoms with van der Waals surface area (Å²) in [6.45, 7) is 1.09. The van der Waals surface area contributed by atoms with Crippen LogP contribution in [0.4, 0.5) is 11.5 Å². The van der Waals surface area contributed by atoms with E-state index in [1.165, 1.54) is 0 Å². The lowest BCUT2D eigenvalue weighted by atomic mass is 9.93. The zero-order valence-corrected chi connectivity index (χ0v) is 16.5. The van der Waals surface area contributed by atoms with E-state index in [0.717, 1.165) is 33.7 Å². The fraction of sp³-hybridized carbons (Fsp3) is 0.381. The topological polar surface area (TPSA) is 118 Å². The molecular formula is C21H23N3O6. The van der Waals surface area contributed by atoms with Gasteiger partial charge in [0, 0.05) is 36.3 Å². The van der Waals surface area contributed by atoms with Crippen LogP contribution in [0, 0.1) is 0 Å². The Morgan fingerprint density at radius 1 is 1.13 bits per heavy atom. The first-order valence-electron chi connectivity index (χ1n) is 9.86. The first-order valence-corrected chi connectivity index (χ1v) is 9.86. The summed E-state index contributed by atoms with van der Waals surface area (Å²) in [6, 6.07) is 9.58. The number of anilines is 2. The number of rotatable bonds is 4. The molecule has 0 fully saturated rings. The van der Waals surface area contributed by atoms with Crippen LogP contribution in [0.25, 0.3) is 11.0 Å². The Hall–Kier alpha value is -2.85. The van der Waals surface area contributed by atoms with E-state index in [4.69, 9.17) is 34.5 Å². The third kappa shape index (κ3) is 3.56. The maximum absolute atomic E-state index is 9.13. The molecule has 30 heavy (non-hydrogen) atoms. The van der Waals surface area contributed by atoms with Crippen LogP contribution in [-0.4, -0.2) is 50.3 Å². The van der Waals surface area contributed by atoms with E-state index in [1.807, 2.05) is 37.4 Å². The number of hydrogen-bond donors (Lipinski definition) is 4. The lowest BCUT2D eigenvalue weighted by Crippen LogP contribution is -2.38. The molecule has 1 atom stereocenters. The highest BCUT2D eigenvalue weighted by molar-refractivity contribution is 5.84. The van der Waals surface area contributed by atoms with Crippen molar-refractivity contribution in [1.82, 2.24) is 9.55 Å². The Morgan fingerprint density at radius 3 is 2.73 bits per heavy atom. The second-order valence-corrected chi connectivity index (χ2v) is 7.59. The highest BCUT2D eigenvalue weighted by Crippen LogP contribution is 2.35. The van der Waals surface area contributed by atoms with Crippen LogP contribution < -0.4 is 14.8 Å².